The van der Waals surface area contributed by atoms with Crippen molar-refractivity contribution in [1.82, 2.24) is 0 Å². The van der Waals surface area contributed by atoms with Crippen LogP contribution in [-0.2, 0) is 9.47 Å². The number of aromatic hydroxyl groups is 1. The monoisotopic (exact) mass is 294 g/mol. The van der Waals surface area contributed by atoms with E-state index in [0.717, 1.165) is 25.7 Å². The van der Waals surface area contributed by atoms with Crippen molar-refractivity contribution in [2.45, 2.75) is 39.5 Å². The maximum Gasteiger partial charge on any atom is 0.341 e. The number of phenols is 1. The summed E-state index contributed by atoms with van der Waals surface area (Å²) in [6.45, 7) is 4.61. The molecule has 0 bridgehead atoms. The summed E-state index contributed by atoms with van der Waals surface area (Å²) >= 11 is 0. The van der Waals surface area contributed by atoms with Crippen LogP contribution in [0.4, 0.5) is 0 Å². The molecule has 1 aromatic carbocycles. The molecule has 0 amide bonds. The average Bonchev–Trinajstić information content (AvgIpc) is 2.48. The van der Waals surface area contributed by atoms with Gasteiger partial charge in [0.05, 0.1) is 18.8 Å². The van der Waals surface area contributed by atoms with Crippen molar-refractivity contribution in [1.29, 1.82) is 0 Å². The zero-order valence-corrected chi connectivity index (χ0v) is 12.6. The Labute approximate surface area is 124 Å². The molecule has 5 heteroatoms. The first-order valence-electron chi connectivity index (χ1n) is 7.27. The van der Waals surface area contributed by atoms with Gasteiger partial charge < -0.3 is 14.6 Å². The lowest BCUT2D eigenvalue weighted by Crippen LogP contribution is -2.10. The number of ether oxygens (including phenoxy) is 2. The van der Waals surface area contributed by atoms with Crippen molar-refractivity contribution in [3.05, 3.63) is 29.3 Å². The minimum Gasteiger partial charge on any atom is -0.507 e. The van der Waals surface area contributed by atoms with Gasteiger partial charge in [-0.2, -0.15) is 0 Å². The van der Waals surface area contributed by atoms with Gasteiger partial charge >= 0.3 is 11.9 Å². The minimum atomic E-state index is -0.635. The second-order valence-corrected chi connectivity index (χ2v) is 4.71. The van der Waals surface area contributed by atoms with Gasteiger partial charge in [-0.3, -0.25) is 0 Å². The Hall–Kier alpha value is -2.04. The molecule has 0 aliphatic rings. The third-order valence-electron chi connectivity index (χ3n) is 2.91. The molecule has 1 rings (SSSR count). The van der Waals surface area contributed by atoms with Gasteiger partial charge in [-0.05, 0) is 31.0 Å². The number of benzene rings is 1. The first-order valence-corrected chi connectivity index (χ1v) is 7.27. The smallest absolute Gasteiger partial charge is 0.341 e. The van der Waals surface area contributed by atoms with Crippen molar-refractivity contribution in [2.75, 3.05) is 13.2 Å². The van der Waals surface area contributed by atoms with Crippen molar-refractivity contribution in [3.63, 3.8) is 0 Å². The van der Waals surface area contributed by atoms with Gasteiger partial charge in [-0.15, -0.1) is 0 Å². The molecular weight excluding hydrogens is 272 g/mol. The van der Waals surface area contributed by atoms with Gasteiger partial charge in [-0.1, -0.05) is 26.7 Å². The van der Waals surface area contributed by atoms with E-state index in [1.807, 2.05) is 13.8 Å². The van der Waals surface area contributed by atoms with E-state index >= 15 is 0 Å². The van der Waals surface area contributed by atoms with Crippen LogP contribution in [-0.4, -0.2) is 30.3 Å². The maximum absolute atomic E-state index is 11.8. The fourth-order valence-electron chi connectivity index (χ4n) is 1.61. The van der Waals surface area contributed by atoms with Crippen molar-refractivity contribution >= 4 is 11.9 Å². The summed E-state index contributed by atoms with van der Waals surface area (Å²) in [5, 5.41) is 9.70. The molecule has 0 aromatic heterocycles. The highest BCUT2D eigenvalue weighted by atomic mass is 16.5. The molecule has 0 heterocycles. The second kappa shape index (κ2) is 9.00. The Balaban J connectivity index is 2.74. The van der Waals surface area contributed by atoms with Crippen LogP contribution in [0.15, 0.2) is 18.2 Å². The van der Waals surface area contributed by atoms with Gasteiger partial charge in [-0.25, -0.2) is 9.59 Å². The van der Waals surface area contributed by atoms with E-state index in [-0.39, 0.29) is 16.9 Å². The van der Waals surface area contributed by atoms with E-state index in [2.05, 4.69) is 0 Å². The normalized spacial score (nSPS) is 10.2. The second-order valence-electron chi connectivity index (χ2n) is 4.71. The molecule has 0 radical (unpaired) electrons. The van der Waals surface area contributed by atoms with Crippen LogP contribution >= 0.6 is 0 Å². The summed E-state index contributed by atoms with van der Waals surface area (Å²) in [5.74, 6) is -1.35. The summed E-state index contributed by atoms with van der Waals surface area (Å²) in [5.41, 5.74) is 0.211. The lowest BCUT2D eigenvalue weighted by atomic mass is 10.1. The van der Waals surface area contributed by atoms with E-state index in [1.165, 1.54) is 18.2 Å². The van der Waals surface area contributed by atoms with E-state index in [4.69, 9.17) is 9.47 Å². The molecule has 0 aliphatic heterocycles. The molecule has 0 fully saturated rings. The van der Waals surface area contributed by atoms with Crippen LogP contribution in [0.2, 0.25) is 0 Å². The SMILES string of the molecule is CCCCOC(=O)c1ccc(O)c(C(=O)OCCCC)c1. The molecule has 116 valence electrons. The summed E-state index contributed by atoms with van der Waals surface area (Å²) in [4.78, 5) is 23.7. The van der Waals surface area contributed by atoms with Crippen LogP contribution < -0.4 is 0 Å². The van der Waals surface area contributed by atoms with Crippen LogP contribution in [0.1, 0.15) is 60.2 Å². The van der Waals surface area contributed by atoms with Gasteiger partial charge in [0, 0.05) is 0 Å². The van der Waals surface area contributed by atoms with E-state index in [0.29, 0.717) is 13.2 Å². The number of esters is 2. The maximum atomic E-state index is 11.8. The summed E-state index contributed by atoms with van der Waals surface area (Å²) in [6, 6.07) is 4.02. The first-order chi connectivity index (χ1) is 10.1. The van der Waals surface area contributed by atoms with Crippen molar-refractivity contribution in [2.24, 2.45) is 0 Å². The minimum absolute atomic E-state index is 0.0176. The fourth-order valence-corrected chi connectivity index (χ4v) is 1.61. The molecule has 0 aliphatic carbocycles. The third-order valence-corrected chi connectivity index (χ3v) is 2.91. The predicted molar refractivity (Wildman–Crippen MR) is 78.5 cm³/mol. The van der Waals surface area contributed by atoms with Crippen LogP contribution in [0, 0.1) is 0 Å². The largest absolute Gasteiger partial charge is 0.507 e. The van der Waals surface area contributed by atoms with Gasteiger partial charge in [0.25, 0.3) is 0 Å². The number of hydrogen-bond acceptors (Lipinski definition) is 5. The Morgan fingerprint density at radius 3 is 2.14 bits per heavy atom. The highest BCUT2D eigenvalue weighted by Gasteiger charge is 2.16. The zero-order chi connectivity index (χ0) is 15.7. The van der Waals surface area contributed by atoms with Crippen molar-refractivity contribution in [3.8, 4) is 5.75 Å². The van der Waals surface area contributed by atoms with Crippen LogP contribution in [0.25, 0.3) is 0 Å². The molecule has 0 spiro atoms. The summed E-state index contributed by atoms with van der Waals surface area (Å²) < 4.78 is 10.1. The number of unbranched alkanes of at least 4 members (excludes halogenated alkanes) is 2. The molecule has 21 heavy (non-hydrogen) atoms. The lowest BCUT2D eigenvalue weighted by molar-refractivity contribution is 0.0496. The Morgan fingerprint density at radius 2 is 1.57 bits per heavy atom. The first kappa shape index (κ1) is 17.0. The number of phenolic OH excluding ortho intramolecular Hbond substituents is 1. The predicted octanol–water partition coefficient (Wildman–Crippen LogP) is 3.31. The molecular formula is C16H22O5. The van der Waals surface area contributed by atoms with Crippen LogP contribution in [0.5, 0.6) is 5.75 Å². The molecule has 5 nitrogen and oxygen atoms in total. The molecule has 0 atom stereocenters. The molecule has 0 unspecified atom stereocenters. The Kier molecular flexibility index (Phi) is 7.29. The lowest BCUT2D eigenvalue weighted by Gasteiger charge is -2.08. The van der Waals surface area contributed by atoms with E-state index in [1.54, 1.807) is 0 Å². The molecule has 1 aromatic rings. The quantitative estimate of drug-likeness (QED) is 0.588. The molecule has 0 saturated carbocycles. The summed E-state index contributed by atoms with van der Waals surface area (Å²) in [6.07, 6.45) is 3.38. The Bertz CT molecular complexity index is 482. The summed E-state index contributed by atoms with van der Waals surface area (Å²) in [7, 11) is 0. The third kappa shape index (κ3) is 5.45. The molecule has 1 N–H and O–H groups in total. The Morgan fingerprint density at radius 1 is 1.00 bits per heavy atom. The number of hydrogen-bond donors (Lipinski definition) is 1. The number of carbonyl (C=O) groups is 2. The van der Waals surface area contributed by atoms with Gasteiger partial charge in [0.2, 0.25) is 0 Å². The number of rotatable bonds is 8. The highest BCUT2D eigenvalue weighted by Crippen LogP contribution is 2.20. The topological polar surface area (TPSA) is 72.8 Å². The van der Waals surface area contributed by atoms with E-state index < -0.39 is 11.9 Å². The fraction of sp³-hybridized carbons (Fsp3) is 0.500. The van der Waals surface area contributed by atoms with Crippen LogP contribution in [0.3, 0.4) is 0 Å². The zero-order valence-electron chi connectivity index (χ0n) is 12.6. The van der Waals surface area contributed by atoms with Gasteiger partial charge in [0.15, 0.2) is 0 Å². The average molecular weight is 294 g/mol. The molecule has 0 saturated heterocycles. The highest BCUT2D eigenvalue weighted by molar-refractivity contribution is 5.97. The van der Waals surface area contributed by atoms with Gasteiger partial charge in [0.1, 0.15) is 11.3 Å². The van der Waals surface area contributed by atoms with Crippen molar-refractivity contribution < 1.29 is 24.2 Å². The number of carbonyl (C=O) groups excluding carboxylic acids is 2. The van der Waals surface area contributed by atoms with E-state index in [9.17, 15) is 14.7 Å². The standard InChI is InChI=1S/C16H22O5/c1-3-5-9-20-15(18)12-7-8-14(17)13(11-12)16(19)21-10-6-4-2/h7-8,11,17H,3-6,9-10H2,1-2H3.